The monoisotopic (exact) mass is 523 g/mol. The molecule has 1 aliphatic heterocycles. The number of nitrogens with zero attached hydrogens (tertiary/aromatic N) is 3. The number of anilines is 1. The van der Waals surface area contributed by atoms with E-state index in [1.165, 1.54) is 23.5 Å². The fourth-order valence-electron chi connectivity index (χ4n) is 5.34. The predicted octanol–water partition coefficient (Wildman–Crippen LogP) is 4.57. The van der Waals surface area contributed by atoms with Crippen LogP contribution in [0.25, 0.3) is 21.3 Å². The number of thiazole rings is 1. The lowest BCUT2D eigenvalue weighted by molar-refractivity contribution is 0.0690. The number of piperidine rings is 1. The smallest absolute Gasteiger partial charge is 0.274 e. The highest BCUT2D eigenvalue weighted by Crippen LogP contribution is 2.50. The summed E-state index contributed by atoms with van der Waals surface area (Å²) in [5, 5.41) is 4.55. The molecule has 0 radical (unpaired) electrons. The van der Waals surface area contributed by atoms with E-state index in [9.17, 15) is 14.0 Å². The number of fused-ring (bicyclic) bond motifs is 2. The third-order valence-corrected chi connectivity index (χ3v) is 8.37. The van der Waals surface area contributed by atoms with E-state index in [0.29, 0.717) is 56.7 Å². The lowest BCUT2D eigenvalue weighted by Crippen LogP contribution is -2.46. The van der Waals surface area contributed by atoms with Crippen LogP contribution in [0.4, 0.5) is 9.52 Å². The Morgan fingerprint density at radius 3 is 2.89 bits per heavy atom. The van der Waals surface area contributed by atoms with Crippen molar-refractivity contribution in [3.8, 4) is 10.4 Å². The van der Waals surface area contributed by atoms with Crippen LogP contribution in [0, 0.1) is 17.7 Å². The molecule has 2 aliphatic rings. The number of rotatable bonds is 5. The van der Waals surface area contributed by atoms with Crippen molar-refractivity contribution in [3.05, 3.63) is 70.8 Å². The van der Waals surface area contributed by atoms with Gasteiger partial charge in [0.2, 0.25) is 0 Å². The molecule has 3 atom stereocenters. The van der Waals surface area contributed by atoms with Gasteiger partial charge in [0.05, 0.1) is 10.9 Å². The first kappa shape index (κ1) is 23.0. The van der Waals surface area contributed by atoms with Gasteiger partial charge in [-0.3, -0.25) is 9.59 Å². The molecule has 10 heteroatoms. The number of benzene rings is 2. The summed E-state index contributed by atoms with van der Waals surface area (Å²) in [6, 6.07) is 13.3. The number of aromatic nitrogens is 2. The van der Waals surface area contributed by atoms with Gasteiger partial charge >= 0.3 is 0 Å². The van der Waals surface area contributed by atoms with Gasteiger partial charge < -0.3 is 20.5 Å². The van der Waals surface area contributed by atoms with Gasteiger partial charge in [-0.2, -0.15) is 0 Å². The van der Waals surface area contributed by atoms with Gasteiger partial charge in [-0.15, -0.1) is 0 Å². The summed E-state index contributed by atoms with van der Waals surface area (Å²) >= 11 is 7.43. The molecule has 7 nitrogen and oxygen atoms in total. The average molecular weight is 524 g/mol. The lowest BCUT2D eigenvalue weighted by atomic mass is 10.1. The zero-order valence-electron chi connectivity index (χ0n) is 19.4. The fourth-order valence-corrected chi connectivity index (χ4v) is 6.35. The van der Waals surface area contributed by atoms with E-state index in [1.54, 1.807) is 35.9 Å². The van der Waals surface area contributed by atoms with Crippen molar-refractivity contribution in [2.24, 2.45) is 18.9 Å². The molecule has 1 saturated heterocycles. The number of nitrogen functional groups attached to an aromatic ring is 1. The van der Waals surface area contributed by atoms with E-state index in [2.05, 4.69) is 10.3 Å². The van der Waals surface area contributed by atoms with Crippen LogP contribution in [0.2, 0.25) is 5.02 Å². The Bertz CT molecular complexity index is 1530. The van der Waals surface area contributed by atoms with Crippen LogP contribution in [-0.2, 0) is 7.05 Å². The highest BCUT2D eigenvalue weighted by molar-refractivity contribution is 7.19. The van der Waals surface area contributed by atoms with Crippen LogP contribution in [0.5, 0.6) is 0 Å². The molecule has 0 spiro atoms. The Morgan fingerprint density at radius 1 is 1.25 bits per heavy atom. The second kappa shape index (κ2) is 8.60. The quantitative estimate of drug-likeness (QED) is 0.401. The molecule has 36 heavy (non-hydrogen) atoms. The minimum atomic E-state index is -0.347. The summed E-state index contributed by atoms with van der Waals surface area (Å²) in [5.41, 5.74) is 8.32. The second-order valence-electron chi connectivity index (χ2n) is 9.43. The van der Waals surface area contributed by atoms with Crippen molar-refractivity contribution < 1.29 is 14.0 Å². The maximum absolute atomic E-state index is 13.7. The van der Waals surface area contributed by atoms with Crippen molar-refractivity contribution in [1.29, 1.82) is 0 Å². The molecule has 0 bridgehead atoms. The third-order valence-electron chi connectivity index (χ3n) is 7.21. The number of aryl methyl sites for hydroxylation is 1. The maximum atomic E-state index is 13.7. The van der Waals surface area contributed by atoms with Crippen molar-refractivity contribution in [2.45, 2.75) is 12.5 Å². The molecule has 3 N–H and O–H groups in total. The van der Waals surface area contributed by atoms with Gasteiger partial charge in [-0.25, -0.2) is 9.37 Å². The number of halogens is 2. The normalized spacial score (nSPS) is 20.5. The number of likely N-dealkylation sites (tertiary alicyclic amines) is 1. The number of hydrogen-bond acceptors (Lipinski definition) is 5. The first-order valence-electron chi connectivity index (χ1n) is 11.7. The van der Waals surface area contributed by atoms with Gasteiger partial charge in [0.25, 0.3) is 11.8 Å². The average Bonchev–Trinajstić information content (AvgIpc) is 3.18. The zero-order chi connectivity index (χ0) is 25.1. The van der Waals surface area contributed by atoms with Crippen molar-refractivity contribution >= 4 is 50.8 Å². The summed E-state index contributed by atoms with van der Waals surface area (Å²) in [4.78, 5) is 33.6. The van der Waals surface area contributed by atoms with Crippen molar-refractivity contribution in [2.75, 3.05) is 18.8 Å². The van der Waals surface area contributed by atoms with Crippen LogP contribution in [-0.4, -0.2) is 45.4 Å². The summed E-state index contributed by atoms with van der Waals surface area (Å²) in [6.45, 7) is 0.956. The van der Waals surface area contributed by atoms with Crippen molar-refractivity contribution in [1.82, 2.24) is 19.8 Å². The summed E-state index contributed by atoms with van der Waals surface area (Å²) in [7, 11) is 1.78. The van der Waals surface area contributed by atoms with Gasteiger partial charge in [-0.05, 0) is 60.2 Å². The number of hydrogen-bond donors (Lipinski definition) is 2. The van der Waals surface area contributed by atoms with Gasteiger partial charge in [0.15, 0.2) is 5.13 Å². The maximum Gasteiger partial charge on any atom is 0.274 e. The third kappa shape index (κ3) is 3.92. The van der Waals surface area contributed by atoms with Crippen LogP contribution >= 0.6 is 22.9 Å². The number of carbonyl (C=O) groups excluding carboxylic acids is 2. The van der Waals surface area contributed by atoms with Gasteiger partial charge in [0, 0.05) is 36.1 Å². The molecule has 2 aromatic carbocycles. The molecule has 184 valence electrons. The molecule has 2 amide bonds. The largest absolute Gasteiger partial charge is 0.375 e. The second-order valence-corrected chi connectivity index (χ2v) is 10.9. The van der Waals surface area contributed by atoms with E-state index >= 15 is 0 Å². The summed E-state index contributed by atoms with van der Waals surface area (Å²) in [6.07, 6.45) is 1.04. The predicted molar refractivity (Wildman–Crippen MR) is 139 cm³/mol. The van der Waals surface area contributed by atoms with E-state index in [4.69, 9.17) is 17.3 Å². The molecule has 2 fully saturated rings. The Balaban J connectivity index is 1.22. The van der Waals surface area contributed by atoms with Crippen molar-refractivity contribution in [3.63, 3.8) is 0 Å². The number of amides is 2. The first-order chi connectivity index (χ1) is 17.3. The van der Waals surface area contributed by atoms with Gasteiger partial charge in [0.1, 0.15) is 17.2 Å². The highest BCUT2D eigenvalue weighted by atomic mass is 35.5. The lowest BCUT2D eigenvalue weighted by Gasteiger charge is -2.27. The van der Waals surface area contributed by atoms with E-state index in [-0.39, 0.29) is 23.7 Å². The first-order valence-corrected chi connectivity index (χ1v) is 12.9. The van der Waals surface area contributed by atoms with E-state index in [1.807, 2.05) is 17.0 Å². The molecule has 6 rings (SSSR count). The fraction of sp³-hybridized carbons (Fsp3) is 0.269. The molecular weight excluding hydrogens is 501 g/mol. The Hall–Kier alpha value is -3.43. The number of carbonyl (C=O) groups is 2. The van der Waals surface area contributed by atoms with Gasteiger partial charge in [-0.1, -0.05) is 35.1 Å². The SMILES string of the molecule is Cn1c(C(=O)NC[C@@H]2[C@@H]3C[C@@H]3CN2C(=O)c2nc(N)sc2-c2cccc(Cl)c2)cc2cc(F)ccc21. The topological polar surface area (TPSA) is 93.2 Å². The Morgan fingerprint density at radius 2 is 2.08 bits per heavy atom. The number of nitrogens with two attached hydrogens (primary N) is 1. The van der Waals surface area contributed by atoms with Crippen LogP contribution in [0.1, 0.15) is 27.4 Å². The highest BCUT2D eigenvalue weighted by Gasteiger charge is 2.54. The van der Waals surface area contributed by atoms with Crippen LogP contribution in [0.3, 0.4) is 0 Å². The molecule has 0 unspecified atom stereocenters. The molecule has 1 saturated carbocycles. The molecule has 3 heterocycles. The summed E-state index contributed by atoms with van der Waals surface area (Å²) in [5.74, 6) is -0.0177. The number of nitrogens with one attached hydrogen (secondary N) is 1. The molecule has 1 aliphatic carbocycles. The molecular formula is C26H23ClFN5O2S. The molecule has 4 aromatic rings. The minimum Gasteiger partial charge on any atom is -0.375 e. The Labute approximate surface area is 215 Å². The van der Waals surface area contributed by atoms with Crippen LogP contribution in [0.15, 0.2) is 48.5 Å². The zero-order valence-corrected chi connectivity index (χ0v) is 20.9. The molecule has 2 aromatic heterocycles. The standard InChI is InChI=1S/C26H23ClFN5O2S/c1-32-19-6-5-17(28)8-14(19)10-20(32)24(34)30-11-21-18-9-15(18)12-33(21)25(35)22-23(36-26(29)31-22)13-3-2-4-16(27)7-13/h2-8,10,15,18,21H,9,11-12H2,1H3,(H2,29,31)(H,30,34)/t15-,18-,21-/m1/s1. The van der Waals surface area contributed by atoms with E-state index in [0.717, 1.165) is 17.5 Å². The summed E-state index contributed by atoms with van der Waals surface area (Å²) < 4.78 is 15.4. The van der Waals surface area contributed by atoms with Crippen LogP contribution < -0.4 is 11.1 Å². The Kier molecular flexibility index (Phi) is 5.49. The van der Waals surface area contributed by atoms with E-state index < -0.39 is 0 Å². The minimum absolute atomic E-state index is 0.131.